The normalized spacial score (nSPS) is 11.5. The zero-order valence-electron chi connectivity index (χ0n) is 30.0. The van der Waals surface area contributed by atoms with Crippen LogP contribution in [0.2, 0.25) is 17.3 Å². The predicted octanol–water partition coefficient (Wildman–Crippen LogP) is 11.1. The van der Waals surface area contributed by atoms with Crippen molar-refractivity contribution >= 4 is 50.8 Å². The van der Waals surface area contributed by atoms with Crippen LogP contribution in [-0.2, 0) is 20.1 Å². The Bertz CT molecular complexity index is 2390. The molecule has 0 aliphatic heterocycles. The SMILES string of the molecule is CCC(CC)c1ccc2c(n1)oc1c[c-]c(-c3nc4ccccc4n3-c3ccccc3)cc12.Cc1c[c-]c(-c2cc[c]([Ge]([CH3])([CH3])[CH3])cn2)cc1.[Ir]. The van der Waals surface area contributed by atoms with E-state index >= 15 is 0 Å². The van der Waals surface area contributed by atoms with Crippen molar-refractivity contribution < 1.29 is 24.5 Å². The minimum Gasteiger partial charge on any atom is 0 e. The monoisotopic (exact) mass is 909 g/mol. The van der Waals surface area contributed by atoms with Gasteiger partial charge in [0, 0.05) is 42.8 Å². The molecule has 4 heterocycles. The van der Waals surface area contributed by atoms with Crippen LogP contribution in [0.25, 0.3) is 61.4 Å². The van der Waals surface area contributed by atoms with Crippen LogP contribution in [0.5, 0.6) is 0 Å². The molecule has 51 heavy (non-hydrogen) atoms. The molecule has 0 amide bonds. The summed E-state index contributed by atoms with van der Waals surface area (Å²) in [6.45, 7) is 6.49. The van der Waals surface area contributed by atoms with Crippen LogP contribution in [0.1, 0.15) is 43.9 Å². The summed E-state index contributed by atoms with van der Waals surface area (Å²) >= 11 is -1.73. The first-order valence-corrected chi connectivity index (χ1v) is 24.8. The van der Waals surface area contributed by atoms with Gasteiger partial charge in [0.05, 0.1) is 22.4 Å². The number of furan rings is 1. The Labute approximate surface area is 316 Å². The van der Waals surface area contributed by atoms with E-state index in [1.807, 2.05) is 54.7 Å². The summed E-state index contributed by atoms with van der Waals surface area (Å²) in [5, 5.41) is 2.06. The van der Waals surface area contributed by atoms with E-state index in [1.165, 1.54) is 9.96 Å². The average Bonchev–Trinajstić information content (AvgIpc) is 3.71. The molecule has 4 aromatic heterocycles. The number of nitrogens with zero attached hydrogens (tertiary/aromatic N) is 4. The van der Waals surface area contributed by atoms with Gasteiger partial charge < -0.3 is 8.98 Å². The molecule has 7 heteroatoms. The Hall–Kier alpha value is -4.36. The Morgan fingerprint density at radius 2 is 1.51 bits per heavy atom. The second-order valence-electron chi connectivity index (χ2n) is 13.9. The molecule has 0 aliphatic rings. The molecule has 0 fully saturated rings. The molecular formula is C44H42GeIrN4O-2. The zero-order chi connectivity index (χ0) is 34.8. The van der Waals surface area contributed by atoms with Gasteiger partial charge in [0.15, 0.2) is 0 Å². The maximum atomic E-state index is 6.13. The molecule has 1 radical (unpaired) electrons. The molecule has 0 atom stereocenters. The minimum atomic E-state index is -1.73. The van der Waals surface area contributed by atoms with E-state index in [0.717, 1.165) is 74.3 Å². The second kappa shape index (κ2) is 15.5. The molecule has 0 saturated carbocycles. The van der Waals surface area contributed by atoms with E-state index in [1.54, 1.807) is 0 Å². The van der Waals surface area contributed by atoms with E-state index in [9.17, 15) is 0 Å². The van der Waals surface area contributed by atoms with Crippen LogP contribution in [-0.4, -0.2) is 32.8 Å². The van der Waals surface area contributed by atoms with E-state index in [2.05, 4.69) is 120 Å². The summed E-state index contributed by atoms with van der Waals surface area (Å²) in [5.41, 5.74) is 9.93. The molecule has 0 aliphatic carbocycles. The molecular weight excluding hydrogens is 865 g/mol. The molecule has 8 rings (SSSR count). The summed E-state index contributed by atoms with van der Waals surface area (Å²) in [4.78, 5) is 14.4. The molecule has 8 aromatic rings. The first kappa shape index (κ1) is 36.4. The topological polar surface area (TPSA) is 56.7 Å². The van der Waals surface area contributed by atoms with Gasteiger partial charge in [-0.1, -0.05) is 49.6 Å². The number of hydrogen-bond acceptors (Lipinski definition) is 4. The van der Waals surface area contributed by atoms with Gasteiger partial charge in [-0.25, -0.2) is 4.98 Å². The second-order valence-corrected chi connectivity index (χ2v) is 24.5. The fourth-order valence-electron chi connectivity index (χ4n) is 6.38. The third kappa shape index (κ3) is 7.64. The number of aromatic nitrogens is 4. The molecule has 0 saturated heterocycles. The van der Waals surface area contributed by atoms with Crippen molar-refractivity contribution in [2.24, 2.45) is 0 Å². The predicted molar refractivity (Wildman–Crippen MR) is 210 cm³/mol. The van der Waals surface area contributed by atoms with Gasteiger partial charge >= 0.3 is 106 Å². The first-order valence-electron chi connectivity index (χ1n) is 17.5. The third-order valence-electron chi connectivity index (χ3n) is 9.39. The molecule has 0 N–H and O–H groups in total. The summed E-state index contributed by atoms with van der Waals surface area (Å²) in [5.74, 6) is 8.47. The summed E-state index contributed by atoms with van der Waals surface area (Å²) in [6.07, 6.45) is 4.19. The number of benzene rings is 4. The molecule has 4 aromatic carbocycles. The van der Waals surface area contributed by atoms with Gasteiger partial charge in [-0.15, -0.1) is 23.8 Å². The van der Waals surface area contributed by atoms with Crippen molar-refractivity contribution in [1.29, 1.82) is 0 Å². The molecule has 259 valence electrons. The molecule has 5 nitrogen and oxygen atoms in total. The van der Waals surface area contributed by atoms with Crippen LogP contribution in [0.15, 0.2) is 120 Å². The van der Waals surface area contributed by atoms with Crippen LogP contribution < -0.4 is 4.40 Å². The summed E-state index contributed by atoms with van der Waals surface area (Å²) < 4.78 is 9.77. The van der Waals surface area contributed by atoms with Crippen molar-refractivity contribution in [1.82, 2.24) is 19.5 Å². The van der Waals surface area contributed by atoms with Crippen molar-refractivity contribution in [2.45, 2.75) is 56.8 Å². The fourth-order valence-corrected chi connectivity index (χ4v) is 8.55. The van der Waals surface area contributed by atoms with Crippen molar-refractivity contribution in [2.75, 3.05) is 0 Å². The van der Waals surface area contributed by atoms with Crippen LogP contribution in [0.3, 0.4) is 0 Å². The van der Waals surface area contributed by atoms with Gasteiger partial charge in [-0.3, -0.25) is 4.98 Å². The van der Waals surface area contributed by atoms with Crippen molar-refractivity contribution in [3.63, 3.8) is 0 Å². The number of hydrogen-bond donors (Lipinski definition) is 0. The molecule has 0 bridgehead atoms. The zero-order valence-corrected chi connectivity index (χ0v) is 34.5. The molecule has 0 spiro atoms. The number of pyridine rings is 2. The summed E-state index contributed by atoms with van der Waals surface area (Å²) in [7, 11) is 0. The Kier molecular flexibility index (Phi) is 11.1. The smallest absolute Gasteiger partial charge is 0 e. The molecule has 0 unspecified atom stereocenters. The largest absolute Gasteiger partial charge is 0 e. The third-order valence-corrected chi connectivity index (χ3v) is 13.6. The van der Waals surface area contributed by atoms with E-state index in [-0.39, 0.29) is 20.1 Å². The first-order chi connectivity index (χ1) is 24.2. The van der Waals surface area contributed by atoms with Crippen LogP contribution in [0, 0.1) is 19.1 Å². The standard InChI is InChI=1S/C29H24N3O.C15H18GeN.Ir/c1-3-19(4-2)24-16-15-22-23-18-20(14-17-27(23)33-29(22)31-24)28-30-25-12-8-9-13-26(25)32(28)21-10-6-5-7-11-21;1-12-5-7-13(8-6-12)15-10-9-14(11-17-15)16(2,3)4;/h5-13,15-19H,3-4H2,1-2H3;5-7,9-11H,1-4H3;/q2*-1;. The van der Waals surface area contributed by atoms with E-state index in [0.29, 0.717) is 11.6 Å². The number of fused-ring (bicyclic) bond motifs is 4. The van der Waals surface area contributed by atoms with E-state index < -0.39 is 13.3 Å². The van der Waals surface area contributed by atoms with Gasteiger partial charge in [-0.05, 0) is 49.2 Å². The van der Waals surface area contributed by atoms with Crippen molar-refractivity contribution in [3.05, 3.63) is 139 Å². The Balaban J connectivity index is 0.000000211. The van der Waals surface area contributed by atoms with Gasteiger partial charge in [0.25, 0.3) is 0 Å². The van der Waals surface area contributed by atoms with E-state index in [4.69, 9.17) is 14.4 Å². The van der Waals surface area contributed by atoms with Gasteiger partial charge in [0.1, 0.15) is 0 Å². The quantitative estimate of drug-likeness (QED) is 0.118. The fraction of sp³-hybridized carbons (Fsp3) is 0.205. The number of aryl methyl sites for hydroxylation is 1. The van der Waals surface area contributed by atoms with Gasteiger partial charge in [0.2, 0.25) is 5.71 Å². The van der Waals surface area contributed by atoms with Crippen LogP contribution >= 0.6 is 0 Å². The number of rotatable bonds is 7. The van der Waals surface area contributed by atoms with Crippen LogP contribution in [0.4, 0.5) is 0 Å². The number of para-hydroxylation sites is 3. The Morgan fingerprint density at radius 3 is 2.20 bits per heavy atom. The average molecular weight is 908 g/mol. The number of imidazole rings is 1. The summed E-state index contributed by atoms with van der Waals surface area (Å²) in [6, 6.07) is 44.1. The van der Waals surface area contributed by atoms with Gasteiger partial charge in [-0.2, -0.15) is 0 Å². The maximum absolute atomic E-state index is 6.13. The minimum absolute atomic E-state index is 0. The Morgan fingerprint density at radius 1 is 0.765 bits per heavy atom. The van der Waals surface area contributed by atoms with Crippen molar-refractivity contribution in [3.8, 4) is 28.3 Å². The maximum Gasteiger partial charge on any atom is 0 e.